The van der Waals surface area contributed by atoms with Gasteiger partial charge in [0.2, 0.25) is 5.95 Å². The molecule has 3 aromatic heterocycles. The summed E-state index contributed by atoms with van der Waals surface area (Å²) in [5.74, 6) is 4.04. The number of fused-ring (bicyclic) bond motifs is 3. The summed E-state index contributed by atoms with van der Waals surface area (Å²) in [5.41, 5.74) is 1.90. The highest BCUT2D eigenvalue weighted by atomic mass is 79.9. The molecule has 4 heterocycles. The van der Waals surface area contributed by atoms with Crippen LogP contribution < -0.4 is 4.90 Å². The van der Waals surface area contributed by atoms with Gasteiger partial charge in [0, 0.05) is 28.5 Å². The lowest BCUT2D eigenvalue weighted by molar-refractivity contribution is 0.496. The van der Waals surface area contributed by atoms with Crippen molar-refractivity contribution in [1.29, 1.82) is 0 Å². The van der Waals surface area contributed by atoms with Crippen LogP contribution in [0.5, 0.6) is 0 Å². The van der Waals surface area contributed by atoms with Gasteiger partial charge in [-0.1, -0.05) is 35.0 Å². The number of rotatable bonds is 4. The summed E-state index contributed by atoms with van der Waals surface area (Å²) >= 11 is 3.54. The molecule has 0 amide bonds. The van der Waals surface area contributed by atoms with Crippen molar-refractivity contribution in [3.8, 4) is 23.0 Å². The van der Waals surface area contributed by atoms with E-state index in [0.29, 0.717) is 5.95 Å². The van der Waals surface area contributed by atoms with Gasteiger partial charge in [0.15, 0.2) is 11.6 Å². The standard InChI is InChI=1S/C22H23BrN8/c1-5-17-21-28-27-14(4)31(21)18-12-25-22(26-20(18)30(17)13(2)3)29-10-9-24-19(29)15-7-6-8-16(23)11-15/h6-13,17H,5H2,1-4H3/t17-/m1/s1. The molecule has 0 saturated carbocycles. The first-order valence-electron chi connectivity index (χ1n) is 10.4. The second-order valence-electron chi connectivity index (χ2n) is 7.88. The van der Waals surface area contributed by atoms with E-state index in [1.165, 1.54) is 0 Å². The van der Waals surface area contributed by atoms with Crippen molar-refractivity contribution in [2.75, 3.05) is 4.90 Å². The number of aryl methyl sites for hydroxylation is 1. The van der Waals surface area contributed by atoms with Crippen LogP contribution in [0.3, 0.4) is 0 Å². The lowest BCUT2D eigenvalue weighted by atomic mass is 10.1. The van der Waals surface area contributed by atoms with Gasteiger partial charge in [0.05, 0.1) is 12.2 Å². The Bertz CT molecular complexity index is 1260. The fraction of sp³-hybridized carbons (Fsp3) is 0.318. The van der Waals surface area contributed by atoms with Crippen LogP contribution in [0.15, 0.2) is 47.3 Å². The largest absolute Gasteiger partial charge is 0.342 e. The predicted molar refractivity (Wildman–Crippen MR) is 123 cm³/mol. The van der Waals surface area contributed by atoms with Crippen LogP contribution in [-0.4, -0.2) is 40.3 Å². The Morgan fingerprint density at radius 2 is 2.00 bits per heavy atom. The molecular formula is C22H23BrN8. The normalized spacial score (nSPS) is 15.3. The Kier molecular flexibility index (Phi) is 4.85. The van der Waals surface area contributed by atoms with Crippen LogP contribution in [-0.2, 0) is 0 Å². The van der Waals surface area contributed by atoms with Gasteiger partial charge in [-0.3, -0.25) is 9.13 Å². The molecule has 0 N–H and O–H groups in total. The van der Waals surface area contributed by atoms with Crippen LogP contribution in [0.1, 0.15) is 44.9 Å². The van der Waals surface area contributed by atoms with Crippen LogP contribution >= 0.6 is 15.9 Å². The minimum atomic E-state index is 0.101. The van der Waals surface area contributed by atoms with E-state index in [9.17, 15) is 0 Å². The first-order valence-corrected chi connectivity index (χ1v) is 11.2. The van der Waals surface area contributed by atoms with Crippen molar-refractivity contribution >= 4 is 21.7 Å². The van der Waals surface area contributed by atoms with Gasteiger partial charge < -0.3 is 4.90 Å². The van der Waals surface area contributed by atoms with Crippen molar-refractivity contribution in [3.05, 3.63) is 59.0 Å². The summed E-state index contributed by atoms with van der Waals surface area (Å²) in [4.78, 5) is 16.6. The molecule has 31 heavy (non-hydrogen) atoms. The summed E-state index contributed by atoms with van der Waals surface area (Å²) in [6.07, 6.45) is 6.44. The molecule has 0 fully saturated rings. The molecule has 1 aromatic carbocycles. The molecule has 0 aliphatic carbocycles. The third kappa shape index (κ3) is 3.15. The van der Waals surface area contributed by atoms with Crippen LogP contribution in [0.25, 0.3) is 23.0 Å². The summed E-state index contributed by atoms with van der Waals surface area (Å²) in [6.45, 7) is 8.49. The second kappa shape index (κ2) is 7.56. The van der Waals surface area contributed by atoms with E-state index in [0.717, 1.165) is 45.4 Å². The maximum Gasteiger partial charge on any atom is 0.237 e. The first-order chi connectivity index (χ1) is 15.0. The molecule has 9 heteroatoms. The number of aromatic nitrogens is 7. The molecular weight excluding hydrogens is 456 g/mol. The average molecular weight is 479 g/mol. The fourth-order valence-electron chi connectivity index (χ4n) is 4.28. The van der Waals surface area contributed by atoms with Gasteiger partial charge in [-0.15, -0.1) is 10.2 Å². The monoisotopic (exact) mass is 478 g/mol. The molecule has 0 radical (unpaired) electrons. The number of benzene rings is 1. The van der Waals surface area contributed by atoms with E-state index in [-0.39, 0.29) is 12.1 Å². The van der Waals surface area contributed by atoms with Gasteiger partial charge in [-0.25, -0.2) is 9.97 Å². The first kappa shape index (κ1) is 19.9. The molecule has 1 aliphatic heterocycles. The smallest absolute Gasteiger partial charge is 0.237 e. The van der Waals surface area contributed by atoms with Crippen LogP contribution in [0.2, 0.25) is 0 Å². The van der Waals surface area contributed by atoms with Gasteiger partial charge in [0.1, 0.15) is 17.3 Å². The Morgan fingerprint density at radius 3 is 2.74 bits per heavy atom. The van der Waals surface area contributed by atoms with Crippen molar-refractivity contribution in [1.82, 2.24) is 34.3 Å². The van der Waals surface area contributed by atoms with Crippen molar-refractivity contribution < 1.29 is 0 Å². The van der Waals surface area contributed by atoms with Crippen molar-refractivity contribution in [3.63, 3.8) is 0 Å². The highest BCUT2D eigenvalue weighted by molar-refractivity contribution is 9.10. The van der Waals surface area contributed by atoms with E-state index in [1.807, 2.05) is 48.1 Å². The Balaban J connectivity index is 1.69. The highest BCUT2D eigenvalue weighted by Gasteiger charge is 2.36. The number of imidazole rings is 1. The number of hydrogen-bond donors (Lipinski definition) is 0. The summed E-state index contributed by atoms with van der Waals surface area (Å²) in [5, 5.41) is 8.81. The zero-order valence-electron chi connectivity index (χ0n) is 17.9. The summed E-state index contributed by atoms with van der Waals surface area (Å²) in [7, 11) is 0. The Morgan fingerprint density at radius 1 is 1.16 bits per heavy atom. The topological polar surface area (TPSA) is 77.5 Å². The molecule has 0 spiro atoms. The van der Waals surface area contributed by atoms with Gasteiger partial charge in [-0.05, 0) is 39.3 Å². The van der Waals surface area contributed by atoms with E-state index < -0.39 is 0 Å². The minimum absolute atomic E-state index is 0.101. The SMILES string of the molecule is CC[C@@H]1c2nnc(C)n2-c2cnc(-n3ccnc3-c3cccc(Br)c3)nc2N1C(C)C. The maximum absolute atomic E-state index is 5.03. The lowest BCUT2D eigenvalue weighted by Gasteiger charge is -2.39. The molecule has 8 nitrogen and oxygen atoms in total. The maximum atomic E-state index is 5.03. The summed E-state index contributed by atoms with van der Waals surface area (Å²) < 4.78 is 5.00. The molecule has 5 rings (SSSR count). The van der Waals surface area contributed by atoms with Crippen LogP contribution in [0.4, 0.5) is 5.82 Å². The van der Waals surface area contributed by atoms with Crippen molar-refractivity contribution in [2.24, 2.45) is 0 Å². The predicted octanol–water partition coefficient (Wildman–Crippen LogP) is 4.66. The molecule has 158 valence electrons. The van der Waals surface area contributed by atoms with Crippen molar-refractivity contribution in [2.45, 2.75) is 46.2 Å². The molecule has 0 bridgehead atoms. The molecule has 4 aromatic rings. The molecule has 0 unspecified atom stereocenters. The Labute approximate surface area is 189 Å². The minimum Gasteiger partial charge on any atom is -0.342 e. The summed E-state index contributed by atoms with van der Waals surface area (Å²) in [6, 6.07) is 8.40. The van der Waals surface area contributed by atoms with E-state index >= 15 is 0 Å². The zero-order chi connectivity index (χ0) is 21.7. The van der Waals surface area contributed by atoms with E-state index in [2.05, 4.69) is 61.3 Å². The number of anilines is 1. The quantitative estimate of drug-likeness (QED) is 0.424. The zero-order valence-corrected chi connectivity index (χ0v) is 19.4. The van der Waals surface area contributed by atoms with Crippen LogP contribution in [0, 0.1) is 6.92 Å². The number of hydrogen-bond acceptors (Lipinski definition) is 6. The average Bonchev–Trinajstić information content (AvgIpc) is 3.39. The second-order valence-corrected chi connectivity index (χ2v) is 8.79. The van der Waals surface area contributed by atoms with Gasteiger partial charge in [-0.2, -0.15) is 4.98 Å². The molecule has 0 saturated heterocycles. The van der Waals surface area contributed by atoms with E-state index in [4.69, 9.17) is 9.97 Å². The van der Waals surface area contributed by atoms with Gasteiger partial charge in [0.25, 0.3) is 0 Å². The lowest BCUT2D eigenvalue weighted by Crippen LogP contribution is -2.40. The number of nitrogens with zero attached hydrogens (tertiary/aromatic N) is 8. The number of halogens is 1. The third-order valence-electron chi connectivity index (χ3n) is 5.59. The molecule has 1 atom stereocenters. The Hall–Kier alpha value is -3.07. The van der Waals surface area contributed by atoms with Gasteiger partial charge >= 0.3 is 0 Å². The van der Waals surface area contributed by atoms with E-state index in [1.54, 1.807) is 6.20 Å². The molecule has 1 aliphatic rings. The fourth-order valence-corrected chi connectivity index (χ4v) is 4.67. The third-order valence-corrected chi connectivity index (χ3v) is 6.08. The highest BCUT2D eigenvalue weighted by Crippen LogP contribution is 2.40.